The molecule has 0 aliphatic carbocycles. The zero-order chi connectivity index (χ0) is 22.0. The quantitative estimate of drug-likeness (QED) is 0.567. The molecule has 3 aromatic heterocycles. The Kier molecular flexibility index (Phi) is 6.80. The molecule has 31 heavy (non-hydrogen) atoms. The number of thiophene rings is 1. The van der Waals surface area contributed by atoms with E-state index in [1.165, 1.54) is 35.5 Å². The summed E-state index contributed by atoms with van der Waals surface area (Å²) < 4.78 is 10.6. The van der Waals surface area contributed by atoms with E-state index in [-0.39, 0.29) is 12.5 Å². The zero-order valence-electron chi connectivity index (χ0n) is 18.2. The van der Waals surface area contributed by atoms with Gasteiger partial charge in [-0.25, -0.2) is 9.97 Å². The third-order valence-electron chi connectivity index (χ3n) is 5.51. The van der Waals surface area contributed by atoms with Gasteiger partial charge in [0, 0.05) is 19.0 Å². The first-order valence-corrected chi connectivity index (χ1v) is 12.0. The summed E-state index contributed by atoms with van der Waals surface area (Å²) in [5, 5.41) is 6.35. The van der Waals surface area contributed by atoms with Crippen molar-refractivity contribution in [3.05, 3.63) is 27.3 Å². The lowest BCUT2D eigenvalue weighted by Gasteiger charge is -2.29. The number of carbonyl (C=O) groups excluding carboxylic acids is 1. The maximum absolute atomic E-state index is 13.0. The number of thiazole rings is 1. The van der Waals surface area contributed by atoms with Gasteiger partial charge in [-0.2, -0.15) is 4.98 Å². The Hall–Kier alpha value is -2.14. The van der Waals surface area contributed by atoms with Crippen LogP contribution in [0.25, 0.3) is 10.2 Å². The molecule has 1 saturated heterocycles. The number of likely N-dealkylation sites (tertiary alicyclic amines) is 1. The molecule has 1 aliphatic rings. The number of hydrogen-bond acceptors (Lipinski definition) is 9. The zero-order valence-corrected chi connectivity index (χ0v) is 19.9. The molecular weight excluding hydrogens is 434 g/mol. The van der Waals surface area contributed by atoms with E-state index in [4.69, 9.17) is 9.47 Å². The first-order chi connectivity index (χ1) is 15.0. The van der Waals surface area contributed by atoms with Crippen LogP contribution in [-0.2, 0) is 17.9 Å². The van der Waals surface area contributed by atoms with E-state index in [0.29, 0.717) is 26.5 Å². The van der Waals surface area contributed by atoms with Crippen molar-refractivity contribution in [2.75, 3.05) is 32.6 Å². The molecule has 0 unspecified atom stereocenters. The van der Waals surface area contributed by atoms with Gasteiger partial charge >= 0.3 is 0 Å². The van der Waals surface area contributed by atoms with E-state index >= 15 is 0 Å². The first-order valence-electron chi connectivity index (χ1n) is 10.3. The number of hydrogen-bond donors (Lipinski definition) is 1. The van der Waals surface area contributed by atoms with Gasteiger partial charge < -0.3 is 9.47 Å². The second kappa shape index (κ2) is 9.56. The molecular formula is C21H27N5O3S2. The van der Waals surface area contributed by atoms with Crippen molar-refractivity contribution in [3.63, 3.8) is 0 Å². The Morgan fingerprint density at radius 2 is 2.03 bits per heavy atom. The van der Waals surface area contributed by atoms with E-state index in [9.17, 15) is 4.79 Å². The van der Waals surface area contributed by atoms with Crippen molar-refractivity contribution < 1.29 is 14.3 Å². The van der Waals surface area contributed by atoms with Gasteiger partial charge in [0.1, 0.15) is 11.4 Å². The predicted octanol–water partition coefficient (Wildman–Crippen LogP) is 4.10. The van der Waals surface area contributed by atoms with Crippen LogP contribution in [0.3, 0.4) is 0 Å². The molecule has 0 radical (unpaired) electrons. The normalized spacial score (nSPS) is 15.5. The summed E-state index contributed by atoms with van der Waals surface area (Å²) in [7, 11) is 3.15. The van der Waals surface area contributed by atoms with Crippen molar-refractivity contribution in [1.29, 1.82) is 0 Å². The van der Waals surface area contributed by atoms with Crippen LogP contribution in [0.1, 0.15) is 46.5 Å². The standard InChI is InChI=1S/C21H27N5O3S2/c1-12-5-7-26(8-6-12)9-14-11-30-21(22-14)25-18(27)17-13(2)16-19(29-4)23-15(10-28-3)24-20(16)31-17/h11-12H,5-10H2,1-4H3,(H,22,25,27). The minimum Gasteiger partial charge on any atom is -0.480 e. The molecule has 0 atom stereocenters. The lowest BCUT2D eigenvalue weighted by atomic mass is 9.99. The van der Waals surface area contributed by atoms with Gasteiger partial charge in [-0.15, -0.1) is 22.7 Å². The number of fused-ring (bicyclic) bond motifs is 1. The lowest BCUT2D eigenvalue weighted by molar-refractivity contribution is 0.103. The summed E-state index contributed by atoms with van der Waals surface area (Å²) in [5.74, 6) is 1.59. The number of nitrogens with one attached hydrogen (secondary N) is 1. The minimum atomic E-state index is -0.191. The fourth-order valence-corrected chi connectivity index (χ4v) is 5.52. The summed E-state index contributed by atoms with van der Waals surface area (Å²) in [6.45, 7) is 7.52. The van der Waals surface area contributed by atoms with Crippen molar-refractivity contribution in [2.24, 2.45) is 5.92 Å². The summed E-state index contributed by atoms with van der Waals surface area (Å²) in [6, 6.07) is 0. The molecule has 166 valence electrons. The van der Waals surface area contributed by atoms with Gasteiger partial charge in [0.25, 0.3) is 5.91 Å². The fourth-order valence-electron chi connectivity index (χ4n) is 3.74. The first kappa shape index (κ1) is 22.1. The highest BCUT2D eigenvalue weighted by molar-refractivity contribution is 7.21. The van der Waals surface area contributed by atoms with E-state index in [2.05, 4.69) is 32.1 Å². The number of methoxy groups -OCH3 is 2. The van der Waals surface area contributed by atoms with Crippen LogP contribution < -0.4 is 10.1 Å². The molecule has 1 aliphatic heterocycles. The highest BCUT2D eigenvalue weighted by atomic mass is 32.1. The number of carbonyl (C=O) groups is 1. The molecule has 1 fully saturated rings. The largest absolute Gasteiger partial charge is 0.480 e. The SMILES string of the molecule is COCc1nc(OC)c2c(C)c(C(=O)Nc3nc(CN4CCC(C)CC4)cs3)sc2n1. The van der Waals surface area contributed by atoms with Crippen molar-refractivity contribution in [2.45, 2.75) is 39.8 Å². The van der Waals surface area contributed by atoms with Crippen LogP contribution in [0, 0.1) is 12.8 Å². The van der Waals surface area contributed by atoms with Crippen LogP contribution in [-0.4, -0.2) is 53.1 Å². The maximum atomic E-state index is 13.0. The summed E-state index contributed by atoms with van der Waals surface area (Å²) >= 11 is 2.78. The number of amides is 1. The second-order valence-corrected chi connectivity index (χ2v) is 9.73. The van der Waals surface area contributed by atoms with Gasteiger partial charge in [-0.3, -0.25) is 15.0 Å². The topological polar surface area (TPSA) is 89.5 Å². The number of anilines is 1. The van der Waals surface area contributed by atoms with Gasteiger partial charge in [0.2, 0.25) is 5.88 Å². The summed E-state index contributed by atoms with van der Waals surface area (Å²) in [6.07, 6.45) is 2.47. The van der Waals surface area contributed by atoms with Crippen LogP contribution in [0.2, 0.25) is 0 Å². The molecule has 0 spiro atoms. The van der Waals surface area contributed by atoms with Crippen molar-refractivity contribution in [3.8, 4) is 5.88 Å². The number of aromatic nitrogens is 3. The van der Waals surface area contributed by atoms with Gasteiger partial charge in [-0.05, 0) is 44.3 Å². The number of piperidine rings is 1. The molecule has 1 N–H and O–H groups in total. The molecule has 0 bridgehead atoms. The molecule has 4 rings (SSSR count). The summed E-state index contributed by atoms with van der Waals surface area (Å²) in [4.78, 5) is 30.3. The van der Waals surface area contributed by atoms with Crippen LogP contribution >= 0.6 is 22.7 Å². The Bertz CT molecular complexity index is 1070. The molecule has 4 heterocycles. The van der Waals surface area contributed by atoms with Crippen molar-refractivity contribution >= 4 is 43.9 Å². The predicted molar refractivity (Wildman–Crippen MR) is 123 cm³/mol. The van der Waals surface area contributed by atoms with E-state index in [0.717, 1.165) is 42.2 Å². The van der Waals surface area contributed by atoms with Gasteiger partial charge in [0.05, 0.1) is 23.1 Å². The molecule has 3 aromatic rings. The minimum absolute atomic E-state index is 0.191. The number of aryl methyl sites for hydroxylation is 1. The summed E-state index contributed by atoms with van der Waals surface area (Å²) in [5.41, 5.74) is 1.80. The number of ether oxygens (including phenoxy) is 2. The average Bonchev–Trinajstić information content (AvgIpc) is 3.33. The van der Waals surface area contributed by atoms with Crippen LogP contribution in [0.5, 0.6) is 5.88 Å². The Morgan fingerprint density at radius 1 is 1.26 bits per heavy atom. The maximum Gasteiger partial charge on any atom is 0.267 e. The fraction of sp³-hybridized carbons (Fsp3) is 0.524. The van der Waals surface area contributed by atoms with E-state index < -0.39 is 0 Å². The Morgan fingerprint density at radius 3 is 2.74 bits per heavy atom. The van der Waals surface area contributed by atoms with Crippen molar-refractivity contribution in [1.82, 2.24) is 19.9 Å². The Balaban J connectivity index is 1.50. The molecule has 0 aromatic carbocycles. The van der Waals surface area contributed by atoms with Crippen LogP contribution in [0.15, 0.2) is 5.38 Å². The molecule has 0 saturated carbocycles. The van der Waals surface area contributed by atoms with Gasteiger partial charge in [0.15, 0.2) is 11.0 Å². The molecule has 10 heteroatoms. The third kappa shape index (κ3) is 4.87. The van der Waals surface area contributed by atoms with E-state index in [1.54, 1.807) is 14.2 Å². The number of rotatable bonds is 7. The molecule has 1 amide bonds. The van der Waals surface area contributed by atoms with E-state index in [1.807, 2.05) is 12.3 Å². The Labute approximate surface area is 189 Å². The van der Waals surface area contributed by atoms with Gasteiger partial charge in [-0.1, -0.05) is 6.92 Å². The second-order valence-electron chi connectivity index (χ2n) is 7.88. The highest BCUT2D eigenvalue weighted by Crippen LogP contribution is 2.35. The van der Waals surface area contributed by atoms with Crippen LogP contribution in [0.4, 0.5) is 5.13 Å². The number of nitrogens with zero attached hydrogens (tertiary/aromatic N) is 4. The monoisotopic (exact) mass is 461 g/mol. The molecule has 8 nitrogen and oxygen atoms in total. The average molecular weight is 462 g/mol. The third-order valence-corrected chi connectivity index (χ3v) is 7.50. The smallest absolute Gasteiger partial charge is 0.267 e. The highest BCUT2D eigenvalue weighted by Gasteiger charge is 2.22. The lowest BCUT2D eigenvalue weighted by Crippen LogP contribution is -2.32.